The number of amides is 4. The fourth-order valence-electron chi connectivity index (χ4n) is 6.52. The summed E-state index contributed by atoms with van der Waals surface area (Å²) in [7, 11) is 0. The van der Waals surface area contributed by atoms with Crippen molar-refractivity contribution in [1.29, 1.82) is 0 Å². The highest BCUT2D eigenvalue weighted by Crippen LogP contribution is 2.32. The maximum Gasteiger partial charge on any atom is 0.433 e. The third-order valence-corrected chi connectivity index (χ3v) is 9.04. The molecule has 2 aliphatic rings. The number of carbonyl (C=O) groups is 4. The van der Waals surface area contributed by atoms with Crippen LogP contribution in [0.3, 0.4) is 0 Å². The minimum absolute atomic E-state index is 0.00900. The molecule has 12 nitrogen and oxygen atoms in total. The molecule has 6 rings (SSSR count). The van der Waals surface area contributed by atoms with E-state index >= 15 is 0 Å². The first-order valence-corrected chi connectivity index (χ1v) is 16.4. The van der Waals surface area contributed by atoms with Gasteiger partial charge in [-0.2, -0.15) is 5.06 Å². The van der Waals surface area contributed by atoms with Crippen LogP contribution in [0, 0.1) is 0 Å². The van der Waals surface area contributed by atoms with Gasteiger partial charge in [0.25, 0.3) is 5.91 Å². The molecule has 4 aromatic carbocycles. The SMILES string of the molecule is O=C(NCCc1ccccc1)[C@H](Cc1ccccc1)N1CC2N(C(=O)O)OC(Cc3ccc(O)cc3)C(=O)N2C(Cc2ccc(O)cc2)C1=O. The molecular weight excluding hydrogens is 640 g/mol. The van der Waals surface area contributed by atoms with E-state index in [0.717, 1.165) is 11.1 Å². The smallest absolute Gasteiger partial charge is 0.433 e. The number of fused-ring (bicyclic) bond motifs is 1. The lowest BCUT2D eigenvalue weighted by atomic mass is 9.94. The number of piperazine rings is 1. The van der Waals surface area contributed by atoms with Crippen molar-refractivity contribution < 1.29 is 39.3 Å². The van der Waals surface area contributed by atoms with Crippen LogP contribution in [-0.4, -0.2) is 91.4 Å². The van der Waals surface area contributed by atoms with Gasteiger partial charge in [0.05, 0.1) is 6.54 Å². The normalized spacial score (nSPS) is 19.5. The van der Waals surface area contributed by atoms with Gasteiger partial charge in [-0.25, -0.2) is 4.79 Å². The summed E-state index contributed by atoms with van der Waals surface area (Å²) >= 11 is 0. The van der Waals surface area contributed by atoms with Gasteiger partial charge >= 0.3 is 6.09 Å². The van der Waals surface area contributed by atoms with Crippen LogP contribution >= 0.6 is 0 Å². The molecule has 2 saturated heterocycles. The standard InChI is InChI=1S/C38H38N4O8/c43-29-15-11-27(12-16-29)22-32-36(46)40(31(21-26-9-5-2-6-10-26)35(45)39-20-19-25-7-3-1-4-8-25)24-34-41(32)37(47)33(50-42(34)38(48)49)23-28-13-17-30(44)18-14-28/h1-18,31-34,43-44H,19-24H2,(H,39,45)(H,48,49)/t31-,32?,33?,34?/m0/s1. The monoisotopic (exact) mass is 678 g/mol. The summed E-state index contributed by atoms with van der Waals surface area (Å²) in [4.78, 5) is 64.1. The predicted octanol–water partition coefficient (Wildman–Crippen LogP) is 3.51. The van der Waals surface area contributed by atoms with Crippen LogP contribution in [0.4, 0.5) is 4.79 Å². The number of hydroxylamine groups is 2. The molecule has 258 valence electrons. The van der Waals surface area contributed by atoms with Crippen molar-refractivity contribution in [2.24, 2.45) is 0 Å². The van der Waals surface area contributed by atoms with Gasteiger partial charge < -0.3 is 30.4 Å². The second-order valence-electron chi connectivity index (χ2n) is 12.4. The van der Waals surface area contributed by atoms with Gasteiger partial charge in [0.15, 0.2) is 12.3 Å². The van der Waals surface area contributed by atoms with E-state index in [9.17, 15) is 34.5 Å². The Morgan fingerprint density at radius 2 is 1.30 bits per heavy atom. The average molecular weight is 679 g/mol. The van der Waals surface area contributed by atoms with E-state index in [1.807, 2.05) is 60.7 Å². The van der Waals surface area contributed by atoms with Gasteiger partial charge in [0, 0.05) is 25.8 Å². The minimum atomic E-state index is -1.46. The zero-order valence-corrected chi connectivity index (χ0v) is 27.2. The Balaban J connectivity index is 1.35. The van der Waals surface area contributed by atoms with Crippen LogP contribution in [0.25, 0.3) is 0 Å². The lowest BCUT2D eigenvalue weighted by molar-refractivity contribution is -0.265. The molecule has 4 atom stereocenters. The Morgan fingerprint density at radius 1 is 0.740 bits per heavy atom. The summed E-state index contributed by atoms with van der Waals surface area (Å²) in [6.07, 6.45) is -3.32. The van der Waals surface area contributed by atoms with Crippen molar-refractivity contribution in [3.8, 4) is 11.5 Å². The van der Waals surface area contributed by atoms with E-state index in [1.54, 1.807) is 24.3 Å². The number of carbonyl (C=O) groups excluding carboxylic acids is 3. The van der Waals surface area contributed by atoms with Crippen molar-refractivity contribution in [2.45, 2.75) is 50.0 Å². The maximum absolute atomic E-state index is 14.7. The van der Waals surface area contributed by atoms with Crippen LogP contribution in [0.15, 0.2) is 109 Å². The predicted molar refractivity (Wildman–Crippen MR) is 182 cm³/mol. The van der Waals surface area contributed by atoms with Gasteiger partial charge in [-0.3, -0.25) is 19.2 Å². The molecule has 2 fully saturated rings. The summed E-state index contributed by atoms with van der Waals surface area (Å²) in [5, 5.41) is 33.7. The lowest BCUT2D eigenvalue weighted by Gasteiger charge is -2.53. The van der Waals surface area contributed by atoms with E-state index in [1.165, 1.54) is 34.1 Å². The Kier molecular flexibility index (Phi) is 10.3. The number of phenolic OH excluding ortho intramolecular Hbond substituents is 2. The number of aromatic hydroxyl groups is 2. The largest absolute Gasteiger partial charge is 0.508 e. The highest BCUT2D eigenvalue weighted by atomic mass is 16.7. The summed E-state index contributed by atoms with van der Waals surface area (Å²) in [6, 6.07) is 28.9. The van der Waals surface area contributed by atoms with Crippen molar-refractivity contribution in [3.05, 3.63) is 131 Å². The highest BCUT2D eigenvalue weighted by Gasteiger charge is 2.54. The van der Waals surface area contributed by atoms with E-state index < -0.39 is 48.2 Å². The fourth-order valence-corrected chi connectivity index (χ4v) is 6.52. The maximum atomic E-state index is 14.7. The molecule has 0 saturated carbocycles. The Labute approximate surface area is 289 Å². The second-order valence-corrected chi connectivity index (χ2v) is 12.4. The van der Waals surface area contributed by atoms with Crippen LogP contribution in [0.5, 0.6) is 11.5 Å². The topological polar surface area (TPSA) is 160 Å². The molecule has 2 aliphatic heterocycles. The highest BCUT2D eigenvalue weighted by molar-refractivity contribution is 5.95. The van der Waals surface area contributed by atoms with Crippen molar-refractivity contribution >= 4 is 23.8 Å². The number of carboxylic acid groups (broad SMARTS) is 1. The molecule has 0 aliphatic carbocycles. The van der Waals surface area contributed by atoms with Crippen molar-refractivity contribution in [2.75, 3.05) is 13.1 Å². The molecule has 0 radical (unpaired) electrons. The molecular formula is C38H38N4O8. The first-order valence-electron chi connectivity index (χ1n) is 16.4. The Morgan fingerprint density at radius 3 is 1.88 bits per heavy atom. The van der Waals surface area contributed by atoms with Gasteiger partial charge in [-0.15, -0.1) is 0 Å². The minimum Gasteiger partial charge on any atom is -0.508 e. The van der Waals surface area contributed by atoms with E-state index in [-0.39, 0.29) is 37.3 Å². The molecule has 0 spiro atoms. The van der Waals surface area contributed by atoms with Crippen LogP contribution in [0.2, 0.25) is 0 Å². The molecule has 0 bridgehead atoms. The second kappa shape index (κ2) is 15.1. The number of phenols is 2. The van der Waals surface area contributed by atoms with Crippen LogP contribution in [0.1, 0.15) is 22.3 Å². The Hall–Kier alpha value is -5.88. The van der Waals surface area contributed by atoms with Gasteiger partial charge in [0.1, 0.15) is 23.6 Å². The zero-order valence-electron chi connectivity index (χ0n) is 27.2. The first-order chi connectivity index (χ1) is 24.2. The third-order valence-electron chi connectivity index (χ3n) is 9.04. The number of nitrogens with zero attached hydrogens (tertiary/aromatic N) is 3. The summed E-state index contributed by atoms with van der Waals surface area (Å²) in [6.45, 7) is 0.00291. The number of nitrogens with one attached hydrogen (secondary N) is 1. The Bertz CT molecular complexity index is 1800. The molecule has 0 aromatic heterocycles. The van der Waals surface area contributed by atoms with E-state index in [2.05, 4.69) is 5.32 Å². The molecule has 4 N–H and O–H groups in total. The molecule has 12 heteroatoms. The third kappa shape index (κ3) is 7.71. The lowest BCUT2D eigenvalue weighted by Crippen LogP contribution is -2.75. The summed E-state index contributed by atoms with van der Waals surface area (Å²) in [5.74, 6) is -1.46. The summed E-state index contributed by atoms with van der Waals surface area (Å²) < 4.78 is 0. The van der Waals surface area contributed by atoms with E-state index in [4.69, 9.17) is 4.84 Å². The van der Waals surface area contributed by atoms with Crippen molar-refractivity contribution in [3.63, 3.8) is 0 Å². The molecule has 2 heterocycles. The summed E-state index contributed by atoms with van der Waals surface area (Å²) in [5.41, 5.74) is 3.05. The van der Waals surface area contributed by atoms with Crippen molar-refractivity contribution in [1.82, 2.24) is 20.2 Å². The molecule has 3 unspecified atom stereocenters. The molecule has 4 amide bonds. The number of rotatable bonds is 11. The zero-order chi connectivity index (χ0) is 35.2. The van der Waals surface area contributed by atoms with Crippen LogP contribution in [-0.2, 0) is 44.9 Å². The number of hydrogen-bond acceptors (Lipinski definition) is 7. The molecule has 4 aromatic rings. The molecule has 50 heavy (non-hydrogen) atoms. The van der Waals surface area contributed by atoms with Gasteiger partial charge in [0.2, 0.25) is 11.8 Å². The average Bonchev–Trinajstić information content (AvgIpc) is 3.12. The number of benzene rings is 4. The first kappa shape index (κ1) is 34.0. The van der Waals surface area contributed by atoms with Gasteiger partial charge in [-0.1, -0.05) is 84.9 Å². The quantitative estimate of drug-likeness (QED) is 0.188. The van der Waals surface area contributed by atoms with Crippen LogP contribution < -0.4 is 5.32 Å². The number of hydrogen-bond donors (Lipinski definition) is 4. The van der Waals surface area contributed by atoms with Gasteiger partial charge in [-0.05, 0) is 52.9 Å². The van der Waals surface area contributed by atoms with E-state index in [0.29, 0.717) is 29.2 Å². The fraction of sp³-hybridized carbons (Fsp3) is 0.263.